The maximum Gasteiger partial charge on any atom is 0.260 e. The van der Waals surface area contributed by atoms with Crippen molar-refractivity contribution in [2.75, 3.05) is 32.8 Å². The van der Waals surface area contributed by atoms with Crippen LogP contribution in [0.4, 0.5) is 0 Å². The number of hydrogen-bond acceptors (Lipinski definition) is 4. The van der Waals surface area contributed by atoms with E-state index in [0.29, 0.717) is 24.4 Å². The van der Waals surface area contributed by atoms with Crippen LogP contribution in [0.5, 0.6) is 5.75 Å². The number of carbonyl (C=O) groups excluding carboxylic acids is 2. The zero-order valence-electron chi connectivity index (χ0n) is 15.4. The molecular formula is C21H23ClN2O3. The molecule has 1 saturated heterocycles. The summed E-state index contributed by atoms with van der Waals surface area (Å²) in [5.41, 5.74) is 1.67. The smallest absolute Gasteiger partial charge is 0.260 e. The van der Waals surface area contributed by atoms with Gasteiger partial charge in [-0.2, -0.15) is 0 Å². The Bertz CT molecular complexity index is 817. The van der Waals surface area contributed by atoms with Crippen LogP contribution in [-0.4, -0.2) is 54.3 Å². The van der Waals surface area contributed by atoms with Crippen molar-refractivity contribution in [2.45, 2.75) is 13.5 Å². The first-order chi connectivity index (χ1) is 13.0. The van der Waals surface area contributed by atoms with E-state index < -0.39 is 0 Å². The third-order valence-corrected chi connectivity index (χ3v) is 4.87. The number of carbonyl (C=O) groups is 2. The fraction of sp³-hybridized carbons (Fsp3) is 0.333. The molecule has 0 bridgehead atoms. The van der Waals surface area contributed by atoms with Crippen LogP contribution in [0, 0.1) is 0 Å². The molecule has 0 aromatic heterocycles. The van der Waals surface area contributed by atoms with Crippen molar-refractivity contribution in [3.05, 3.63) is 64.7 Å². The topological polar surface area (TPSA) is 49.9 Å². The van der Waals surface area contributed by atoms with Crippen molar-refractivity contribution in [1.29, 1.82) is 0 Å². The van der Waals surface area contributed by atoms with Crippen LogP contribution in [0.1, 0.15) is 22.8 Å². The van der Waals surface area contributed by atoms with E-state index in [4.69, 9.17) is 16.3 Å². The van der Waals surface area contributed by atoms with Gasteiger partial charge in [-0.25, -0.2) is 0 Å². The molecule has 142 valence electrons. The Morgan fingerprint density at radius 1 is 1.04 bits per heavy atom. The number of ketones is 1. The third-order valence-electron chi connectivity index (χ3n) is 4.64. The Balaban J connectivity index is 1.48. The van der Waals surface area contributed by atoms with E-state index in [1.54, 1.807) is 24.3 Å². The number of ether oxygens (including phenoxy) is 1. The molecule has 3 rings (SSSR count). The lowest BCUT2D eigenvalue weighted by atomic mass is 10.1. The van der Waals surface area contributed by atoms with Crippen molar-refractivity contribution in [3.63, 3.8) is 0 Å². The molecule has 1 aliphatic rings. The highest BCUT2D eigenvalue weighted by atomic mass is 35.5. The van der Waals surface area contributed by atoms with E-state index in [9.17, 15) is 9.59 Å². The van der Waals surface area contributed by atoms with Crippen molar-refractivity contribution < 1.29 is 14.3 Å². The van der Waals surface area contributed by atoms with Gasteiger partial charge in [0.05, 0.1) is 5.56 Å². The van der Waals surface area contributed by atoms with Gasteiger partial charge in [0, 0.05) is 37.7 Å². The Morgan fingerprint density at radius 3 is 2.48 bits per heavy atom. The summed E-state index contributed by atoms with van der Waals surface area (Å²) in [6, 6.07) is 14.8. The zero-order valence-corrected chi connectivity index (χ0v) is 16.1. The average molecular weight is 387 g/mol. The molecule has 1 aliphatic heterocycles. The molecule has 1 amide bonds. The second-order valence-corrected chi connectivity index (χ2v) is 7.06. The third kappa shape index (κ3) is 5.31. The summed E-state index contributed by atoms with van der Waals surface area (Å²) in [4.78, 5) is 28.2. The van der Waals surface area contributed by atoms with Crippen LogP contribution in [0.15, 0.2) is 48.5 Å². The summed E-state index contributed by atoms with van der Waals surface area (Å²) in [6.45, 7) is 5.20. The summed E-state index contributed by atoms with van der Waals surface area (Å²) in [6.07, 6.45) is 0. The Hall–Kier alpha value is -2.37. The first-order valence-corrected chi connectivity index (χ1v) is 9.38. The van der Waals surface area contributed by atoms with Crippen LogP contribution < -0.4 is 4.74 Å². The standard InChI is InChI=1S/C21H23ClN2O3/c1-16(25)19-7-2-3-8-20(19)27-15-21(26)24-11-9-23(10-12-24)14-17-5-4-6-18(22)13-17/h2-8,13H,9-12,14-15H2,1H3. The summed E-state index contributed by atoms with van der Waals surface area (Å²) >= 11 is 6.04. The largest absolute Gasteiger partial charge is 0.483 e. The first kappa shape index (κ1) is 19.4. The van der Waals surface area contributed by atoms with Crippen LogP contribution in [-0.2, 0) is 11.3 Å². The Labute approximate surface area is 164 Å². The van der Waals surface area contributed by atoms with Gasteiger partial charge in [0.1, 0.15) is 5.75 Å². The van der Waals surface area contributed by atoms with Crippen LogP contribution >= 0.6 is 11.6 Å². The molecule has 0 aliphatic carbocycles. The first-order valence-electron chi connectivity index (χ1n) is 9.00. The highest BCUT2D eigenvalue weighted by molar-refractivity contribution is 6.30. The molecule has 0 atom stereocenters. The highest BCUT2D eigenvalue weighted by Crippen LogP contribution is 2.19. The van der Waals surface area contributed by atoms with E-state index in [1.165, 1.54) is 12.5 Å². The van der Waals surface area contributed by atoms with E-state index in [1.807, 2.05) is 23.1 Å². The van der Waals surface area contributed by atoms with Gasteiger partial charge in [0.2, 0.25) is 0 Å². The summed E-state index contributed by atoms with van der Waals surface area (Å²) in [5.74, 6) is 0.321. The Morgan fingerprint density at radius 2 is 1.78 bits per heavy atom. The van der Waals surface area contributed by atoms with E-state index in [0.717, 1.165) is 24.7 Å². The molecule has 27 heavy (non-hydrogen) atoms. The predicted octanol–water partition coefficient (Wildman–Crippen LogP) is 3.27. The summed E-state index contributed by atoms with van der Waals surface area (Å²) < 4.78 is 5.61. The van der Waals surface area contributed by atoms with Gasteiger partial charge in [0.15, 0.2) is 12.4 Å². The number of Topliss-reactive ketones (excluding diaryl/α,β-unsaturated/α-hetero) is 1. The van der Waals surface area contributed by atoms with Gasteiger partial charge in [-0.3, -0.25) is 14.5 Å². The van der Waals surface area contributed by atoms with Crippen molar-refractivity contribution in [3.8, 4) is 5.75 Å². The van der Waals surface area contributed by atoms with Gasteiger partial charge in [-0.1, -0.05) is 35.9 Å². The minimum absolute atomic E-state index is 0.0570. The number of para-hydroxylation sites is 1. The maximum atomic E-state index is 12.4. The summed E-state index contributed by atoms with van der Waals surface area (Å²) in [7, 11) is 0. The second kappa shape index (κ2) is 9.02. The molecule has 0 N–H and O–H groups in total. The number of halogens is 1. The lowest BCUT2D eigenvalue weighted by molar-refractivity contribution is -0.135. The molecule has 0 radical (unpaired) electrons. The number of rotatable bonds is 6. The molecule has 2 aromatic carbocycles. The predicted molar refractivity (Wildman–Crippen MR) is 105 cm³/mol. The van der Waals surface area contributed by atoms with Crippen molar-refractivity contribution in [1.82, 2.24) is 9.80 Å². The fourth-order valence-corrected chi connectivity index (χ4v) is 3.38. The molecular weight excluding hydrogens is 364 g/mol. The highest BCUT2D eigenvalue weighted by Gasteiger charge is 2.22. The van der Waals surface area contributed by atoms with Crippen molar-refractivity contribution >= 4 is 23.3 Å². The minimum atomic E-state index is -0.0762. The van der Waals surface area contributed by atoms with Crippen LogP contribution in [0.3, 0.4) is 0 Å². The summed E-state index contributed by atoms with van der Waals surface area (Å²) in [5, 5.41) is 0.740. The van der Waals surface area contributed by atoms with Gasteiger partial charge in [0.25, 0.3) is 5.91 Å². The number of piperazine rings is 1. The zero-order chi connectivity index (χ0) is 19.2. The fourth-order valence-electron chi connectivity index (χ4n) is 3.16. The van der Waals surface area contributed by atoms with Gasteiger partial charge >= 0.3 is 0 Å². The molecule has 0 unspecified atom stereocenters. The maximum absolute atomic E-state index is 12.4. The lowest BCUT2D eigenvalue weighted by Crippen LogP contribution is -2.49. The molecule has 1 fully saturated rings. The molecule has 0 saturated carbocycles. The second-order valence-electron chi connectivity index (χ2n) is 6.63. The average Bonchev–Trinajstić information content (AvgIpc) is 2.67. The Kier molecular flexibility index (Phi) is 6.48. The normalized spacial score (nSPS) is 14.8. The van der Waals surface area contributed by atoms with E-state index in [-0.39, 0.29) is 18.3 Å². The molecule has 2 aromatic rings. The van der Waals surface area contributed by atoms with Gasteiger partial charge in [-0.15, -0.1) is 0 Å². The molecule has 1 heterocycles. The van der Waals surface area contributed by atoms with E-state index in [2.05, 4.69) is 11.0 Å². The number of hydrogen-bond donors (Lipinski definition) is 0. The molecule has 0 spiro atoms. The quantitative estimate of drug-likeness (QED) is 0.715. The van der Waals surface area contributed by atoms with E-state index >= 15 is 0 Å². The molecule has 6 heteroatoms. The minimum Gasteiger partial charge on any atom is -0.483 e. The number of nitrogens with zero attached hydrogens (tertiary/aromatic N) is 2. The monoisotopic (exact) mass is 386 g/mol. The number of benzene rings is 2. The number of amides is 1. The van der Waals surface area contributed by atoms with Crippen LogP contribution in [0.2, 0.25) is 5.02 Å². The van der Waals surface area contributed by atoms with Crippen LogP contribution in [0.25, 0.3) is 0 Å². The lowest BCUT2D eigenvalue weighted by Gasteiger charge is -2.34. The van der Waals surface area contributed by atoms with Gasteiger partial charge < -0.3 is 9.64 Å². The van der Waals surface area contributed by atoms with Crippen molar-refractivity contribution in [2.24, 2.45) is 0 Å². The van der Waals surface area contributed by atoms with Gasteiger partial charge in [-0.05, 0) is 36.8 Å². The SMILES string of the molecule is CC(=O)c1ccccc1OCC(=O)N1CCN(Cc2cccc(Cl)c2)CC1. The molecule has 5 nitrogen and oxygen atoms in total.